The highest BCUT2D eigenvalue weighted by molar-refractivity contribution is 7.07. The van der Waals surface area contributed by atoms with E-state index in [4.69, 9.17) is 9.47 Å². The van der Waals surface area contributed by atoms with Crippen LogP contribution in [-0.4, -0.2) is 26.2 Å². The van der Waals surface area contributed by atoms with Gasteiger partial charge in [-0.25, -0.2) is 0 Å². The number of ether oxygens (including phenoxy) is 2. The highest BCUT2D eigenvalue weighted by Crippen LogP contribution is 2.29. The number of hydrogen-bond donors (Lipinski definition) is 2. The first-order chi connectivity index (χ1) is 12.8. The van der Waals surface area contributed by atoms with Crippen molar-refractivity contribution in [1.29, 1.82) is 0 Å². The lowest BCUT2D eigenvalue weighted by molar-refractivity contribution is 0.207. The van der Waals surface area contributed by atoms with Crippen molar-refractivity contribution in [2.75, 3.05) is 14.2 Å². The number of hydrogen-bond acceptors (Lipinski definition) is 4. The van der Waals surface area contributed by atoms with Crippen molar-refractivity contribution < 1.29 is 9.47 Å². The minimum atomic E-state index is 0.317. The standard InChI is InChI=1S/C20H27N3O2S/c1-21-20(22-12-15-9-10-26-14-15)23-13-16-7-8-18(24-2)11-19(16)25-17-5-3-4-6-17/h7-11,14,17H,3-6,12-13H2,1-2H3,(H2,21,22,23). The number of aliphatic imine (C=N–C) groups is 1. The van der Waals surface area contributed by atoms with Gasteiger partial charge in [-0.15, -0.1) is 0 Å². The van der Waals surface area contributed by atoms with E-state index in [0.29, 0.717) is 12.6 Å². The van der Waals surface area contributed by atoms with E-state index < -0.39 is 0 Å². The third-order valence-corrected chi connectivity index (χ3v) is 5.31. The minimum Gasteiger partial charge on any atom is -0.497 e. The fraction of sp³-hybridized carbons (Fsp3) is 0.450. The van der Waals surface area contributed by atoms with E-state index in [9.17, 15) is 0 Å². The van der Waals surface area contributed by atoms with Gasteiger partial charge in [0.15, 0.2) is 5.96 Å². The first kappa shape index (κ1) is 18.6. The quantitative estimate of drug-likeness (QED) is 0.570. The number of nitrogens with zero attached hydrogens (tertiary/aromatic N) is 1. The second-order valence-corrected chi connectivity index (χ2v) is 7.19. The largest absolute Gasteiger partial charge is 0.497 e. The van der Waals surface area contributed by atoms with Crippen LogP contribution in [0.15, 0.2) is 40.0 Å². The second kappa shape index (κ2) is 9.48. The highest BCUT2D eigenvalue weighted by Gasteiger charge is 2.18. The van der Waals surface area contributed by atoms with Crippen LogP contribution in [0.4, 0.5) is 0 Å². The predicted octanol–water partition coefficient (Wildman–Crippen LogP) is 3.94. The number of methoxy groups -OCH3 is 1. The van der Waals surface area contributed by atoms with Gasteiger partial charge < -0.3 is 20.1 Å². The molecule has 26 heavy (non-hydrogen) atoms. The van der Waals surface area contributed by atoms with Gasteiger partial charge in [0.1, 0.15) is 11.5 Å². The monoisotopic (exact) mass is 373 g/mol. The molecule has 2 N–H and O–H groups in total. The van der Waals surface area contributed by atoms with Gasteiger partial charge in [0.2, 0.25) is 0 Å². The van der Waals surface area contributed by atoms with Crippen LogP contribution in [0.25, 0.3) is 0 Å². The molecular weight excluding hydrogens is 346 g/mol. The van der Waals surface area contributed by atoms with E-state index in [2.05, 4.69) is 38.5 Å². The van der Waals surface area contributed by atoms with Crippen molar-refractivity contribution in [3.63, 3.8) is 0 Å². The van der Waals surface area contributed by atoms with Crippen molar-refractivity contribution in [2.24, 2.45) is 4.99 Å². The first-order valence-corrected chi connectivity index (χ1v) is 10.0. The molecule has 0 atom stereocenters. The zero-order valence-corrected chi connectivity index (χ0v) is 16.3. The lowest BCUT2D eigenvalue weighted by Gasteiger charge is -2.18. The van der Waals surface area contributed by atoms with Crippen LogP contribution in [-0.2, 0) is 13.1 Å². The van der Waals surface area contributed by atoms with Crippen molar-refractivity contribution >= 4 is 17.3 Å². The average Bonchev–Trinajstić information content (AvgIpc) is 3.36. The Labute approximate surface area is 159 Å². The van der Waals surface area contributed by atoms with Crippen molar-refractivity contribution in [2.45, 2.75) is 44.9 Å². The number of nitrogens with one attached hydrogen (secondary N) is 2. The van der Waals surface area contributed by atoms with Gasteiger partial charge in [0.05, 0.1) is 13.2 Å². The molecule has 140 valence electrons. The number of thiophene rings is 1. The number of benzene rings is 1. The maximum atomic E-state index is 6.25. The molecule has 1 aromatic carbocycles. The van der Waals surface area contributed by atoms with Crippen molar-refractivity contribution in [3.05, 3.63) is 46.2 Å². The summed E-state index contributed by atoms with van der Waals surface area (Å²) < 4.78 is 11.6. The molecule has 0 unspecified atom stereocenters. The molecule has 1 aliphatic rings. The van der Waals surface area contributed by atoms with E-state index in [1.165, 1.54) is 18.4 Å². The Balaban J connectivity index is 1.61. The fourth-order valence-electron chi connectivity index (χ4n) is 3.08. The summed E-state index contributed by atoms with van der Waals surface area (Å²) in [5.74, 6) is 2.50. The summed E-state index contributed by atoms with van der Waals surface area (Å²) in [6, 6.07) is 8.13. The Morgan fingerprint density at radius 3 is 2.69 bits per heavy atom. The Kier molecular flexibility index (Phi) is 6.77. The van der Waals surface area contributed by atoms with Gasteiger partial charge in [0.25, 0.3) is 0 Å². The normalized spacial score (nSPS) is 15.1. The molecule has 6 heteroatoms. The highest BCUT2D eigenvalue weighted by atomic mass is 32.1. The molecule has 0 bridgehead atoms. The molecule has 1 heterocycles. The summed E-state index contributed by atoms with van der Waals surface area (Å²) in [5.41, 5.74) is 2.36. The smallest absolute Gasteiger partial charge is 0.191 e. The van der Waals surface area contributed by atoms with Crippen LogP contribution in [0.2, 0.25) is 0 Å². The lowest BCUT2D eigenvalue weighted by atomic mass is 10.2. The number of guanidine groups is 1. The molecule has 0 radical (unpaired) electrons. The Morgan fingerprint density at radius 1 is 1.19 bits per heavy atom. The summed E-state index contributed by atoms with van der Waals surface area (Å²) in [5, 5.41) is 10.9. The Hall–Kier alpha value is -2.21. The van der Waals surface area contributed by atoms with E-state index in [1.807, 2.05) is 12.1 Å². The summed E-state index contributed by atoms with van der Waals surface area (Å²) in [6.07, 6.45) is 5.09. The Bertz CT molecular complexity index is 710. The SMILES string of the molecule is CN=C(NCc1ccsc1)NCc1ccc(OC)cc1OC1CCCC1. The van der Waals surface area contributed by atoms with Crippen LogP contribution in [0.5, 0.6) is 11.5 Å². The molecule has 0 aliphatic heterocycles. The summed E-state index contributed by atoms with van der Waals surface area (Å²) in [7, 11) is 3.47. The molecular formula is C20H27N3O2S. The van der Waals surface area contributed by atoms with Gasteiger partial charge in [-0.1, -0.05) is 0 Å². The van der Waals surface area contributed by atoms with Crippen LogP contribution < -0.4 is 20.1 Å². The molecule has 1 fully saturated rings. The number of rotatable bonds is 7. The van der Waals surface area contributed by atoms with E-state index in [0.717, 1.165) is 42.4 Å². The molecule has 3 rings (SSSR count). The Morgan fingerprint density at radius 2 is 2.00 bits per heavy atom. The molecule has 1 aliphatic carbocycles. The second-order valence-electron chi connectivity index (χ2n) is 6.41. The molecule has 2 aromatic rings. The van der Waals surface area contributed by atoms with Crippen LogP contribution in [0.1, 0.15) is 36.8 Å². The maximum absolute atomic E-state index is 6.25. The topological polar surface area (TPSA) is 54.9 Å². The predicted molar refractivity (Wildman–Crippen MR) is 107 cm³/mol. The third kappa shape index (κ3) is 5.14. The molecule has 1 aromatic heterocycles. The van der Waals surface area contributed by atoms with Crippen LogP contribution in [0.3, 0.4) is 0 Å². The maximum Gasteiger partial charge on any atom is 0.191 e. The van der Waals surface area contributed by atoms with Gasteiger partial charge in [-0.3, -0.25) is 4.99 Å². The molecule has 5 nitrogen and oxygen atoms in total. The minimum absolute atomic E-state index is 0.317. The average molecular weight is 374 g/mol. The zero-order chi connectivity index (χ0) is 18.2. The summed E-state index contributed by atoms with van der Waals surface area (Å²) in [6.45, 7) is 1.41. The van der Waals surface area contributed by atoms with Gasteiger partial charge in [-0.2, -0.15) is 11.3 Å². The van der Waals surface area contributed by atoms with E-state index in [1.54, 1.807) is 25.5 Å². The van der Waals surface area contributed by atoms with Gasteiger partial charge >= 0.3 is 0 Å². The van der Waals surface area contributed by atoms with E-state index in [-0.39, 0.29) is 0 Å². The lowest BCUT2D eigenvalue weighted by Crippen LogP contribution is -2.36. The fourth-order valence-corrected chi connectivity index (χ4v) is 3.75. The molecule has 0 amide bonds. The van der Waals surface area contributed by atoms with Crippen molar-refractivity contribution in [1.82, 2.24) is 10.6 Å². The molecule has 0 spiro atoms. The molecule has 0 saturated heterocycles. The summed E-state index contributed by atoms with van der Waals surface area (Å²) in [4.78, 5) is 4.30. The third-order valence-electron chi connectivity index (χ3n) is 4.58. The summed E-state index contributed by atoms with van der Waals surface area (Å²) >= 11 is 1.70. The zero-order valence-electron chi connectivity index (χ0n) is 15.5. The van der Waals surface area contributed by atoms with E-state index >= 15 is 0 Å². The molecule has 1 saturated carbocycles. The van der Waals surface area contributed by atoms with Crippen LogP contribution >= 0.6 is 11.3 Å². The first-order valence-electron chi connectivity index (χ1n) is 9.07. The van der Waals surface area contributed by atoms with Gasteiger partial charge in [0, 0.05) is 31.8 Å². The van der Waals surface area contributed by atoms with Crippen molar-refractivity contribution in [3.8, 4) is 11.5 Å². The van der Waals surface area contributed by atoms with Gasteiger partial charge in [-0.05, 0) is 60.2 Å². The van der Waals surface area contributed by atoms with Crippen LogP contribution in [0, 0.1) is 0 Å².